The number of amides is 3. The Morgan fingerprint density at radius 1 is 0.912 bits per heavy atom. The summed E-state index contributed by atoms with van der Waals surface area (Å²) in [4.78, 5) is 40.9. The second-order valence-corrected chi connectivity index (χ2v) is 7.89. The summed E-state index contributed by atoms with van der Waals surface area (Å²) >= 11 is 0. The van der Waals surface area contributed by atoms with Crippen molar-refractivity contribution in [2.75, 3.05) is 11.9 Å². The van der Waals surface area contributed by atoms with Crippen LogP contribution in [0.15, 0.2) is 78.9 Å². The Bertz CT molecular complexity index is 1380. The second kappa shape index (κ2) is 9.95. The number of hydrogen-bond acceptors (Lipinski definition) is 4. The number of fused-ring (bicyclic) bond motifs is 1. The van der Waals surface area contributed by atoms with Crippen molar-refractivity contribution < 1.29 is 14.4 Å². The zero-order valence-corrected chi connectivity index (χ0v) is 18.7. The lowest BCUT2D eigenvalue weighted by atomic mass is 9.92. The number of nitrogens with one attached hydrogen (secondary N) is 2. The minimum Gasteiger partial charge on any atom is -0.368 e. The molecule has 0 aliphatic carbocycles. The van der Waals surface area contributed by atoms with Gasteiger partial charge in [-0.1, -0.05) is 54.6 Å². The number of carbonyl (C=O) groups excluding carboxylic acids is 3. The number of carbonyl (C=O) groups is 3. The van der Waals surface area contributed by atoms with Crippen LogP contribution in [0, 0.1) is 6.92 Å². The van der Waals surface area contributed by atoms with Crippen molar-refractivity contribution in [1.82, 2.24) is 10.3 Å². The molecule has 0 aliphatic rings. The molecule has 3 amide bonds. The summed E-state index contributed by atoms with van der Waals surface area (Å²) in [5.74, 6) is -1.31. The Hall–Kier alpha value is -4.52. The zero-order chi connectivity index (χ0) is 24.1. The van der Waals surface area contributed by atoms with Crippen LogP contribution in [0.2, 0.25) is 0 Å². The first-order valence-electron chi connectivity index (χ1n) is 10.8. The van der Waals surface area contributed by atoms with Gasteiger partial charge in [-0.25, -0.2) is 0 Å². The fraction of sp³-hybridized carbons (Fsp3) is 0.111. The minimum atomic E-state index is -0.633. The topological polar surface area (TPSA) is 114 Å². The van der Waals surface area contributed by atoms with Gasteiger partial charge in [0.05, 0.1) is 18.5 Å². The molecule has 4 rings (SSSR count). The third kappa shape index (κ3) is 5.10. The van der Waals surface area contributed by atoms with E-state index in [9.17, 15) is 14.4 Å². The quantitative estimate of drug-likeness (QED) is 0.397. The van der Waals surface area contributed by atoms with E-state index in [1.54, 1.807) is 24.3 Å². The number of pyridine rings is 1. The molecule has 7 nitrogen and oxygen atoms in total. The van der Waals surface area contributed by atoms with E-state index in [-0.39, 0.29) is 18.9 Å². The predicted octanol–water partition coefficient (Wildman–Crippen LogP) is 3.61. The van der Waals surface area contributed by atoms with Crippen LogP contribution in [0.4, 0.5) is 5.69 Å². The maximum Gasteiger partial charge on any atom is 0.251 e. The molecule has 0 fully saturated rings. The van der Waals surface area contributed by atoms with E-state index >= 15 is 0 Å². The Morgan fingerprint density at radius 3 is 2.41 bits per heavy atom. The van der Waals surface area contributed by atoms with Crippen molar-refractivity contribution in [3.63, 3.8) is 0 Å². The Balaban J connectivity index is 1.62. The second-order valence-electron chi connectivity index (χ2n) is 7.89. The van der Waals surface area contributed by atoms with Gasteiger partial charge >= 0.3 is 0 Å². The summed E-state index contributed by atoms with van der Waals surface area (Å²) in [6.07, 6.45) is 0.117. The van der Waals surface area contributed by atoms with Crippen molar-refractivity contribution in [3.8, 4) is 11.1 Å². The highest BCUT2D eigenvalue weighted by Crippen LogP contribution is 2.33. The molecule has 0 radical (unpaired) electrons. The lowest BCUT2D eigenvalue weighted by Gasteiger charge is -2.16. The average Bonchev–Trinajstić information content (AvgIpc) is 2.83. The molecule has 4 N–H and O–H groups in total. The van der Waals surface area contributed by atoms with Crippen LogP contribution in [0.25, 0.3) is 22.0 Å². The predicted molar refractivity (Wildman–Crippen MR) is 132 cm³/mol. The normalized spacial score (nSPS) is 10.6. The minimum absolute atomic E-state index is 0.117. The van der Waals surface area contributed by atoms with Crippen molar-refractivity contribution in [2.24, 2.45) is 5.73 Å². The molecule has 3 aromatic carbocycles. The van der Waals surface area contributed by atoms with Crippen molar-refractivity contribution in [2.45, 2.75) is 13.3 Å². The fourth-order valence-corrected chi connectivity index (χ4v) is 3.90. The van der Waals surface area contributed by atoms with Gasteiger partial charge in [0.2, 0.25) is 11.8 Å². The molecule has 34 heavy (non-hydrogen) atoms. The molecule has 1 aromatic heterocycles. The molecule has 0 bridgehead atoms. The molecule has 0 atom stereocenters. The van der Waals surface area contributed by atoms with E-state index in [2.05, 4.69) is 10.6 Å². The van der Waals surface area contributed by atoms with E-state index in [1.165, 1.54) is 0 Å². The van der Waals surface area contributed by atoms with E-state index in [0.717, 1.165) is 33.3 Å². The van der Waals surface area contributed by atoms with Crippen LogP contribution >= 0.6 is 0 Å². The monoisotopic (exact) mass is 452 g/mol. The van der Waals surface area contributed by atoms with E-state index in [4.69, 9.17) is 10.7 Å². The first kappa shape index (κ1) is 22.7. The highest BCUT2D eigenvalue weighted by Gasteiger charge is 2.17. The number of rotatable bonds is 7. The van der Waals surface area contributed by atoms with Gasteiger partial charge < -0.3 is 16.4 Å². The zero-order valence-electron chi connectivity index (χ0n) is 18.7. The van der Waals surface area contributed by atoms with E-state index < -0.39 is 11.8 Å². The first-order valence-corrected chi connectivity index (χ1v) is 10.8. The number of aryl methyl sites for hydroxylation is 1. The summed E-state index contributed by atoms with van der Waals surface area (Å²) < 4.78 is 0. The Labute approximate surface area is 197 Å². The van der Waals surface area contributed by atoms with Gasteiger partial charge in [-0.15, -0.1) is 0 Å². The van der Waals surface area contributed by atoms with E-state index in [0.29, 0.717) is 11.3 Å². The standard InChI is InChI=1S/C27H24N4O3/c1-17-22(26(18-8-3-2-4-9-18)21-12-5-6-13-23(21)30-17)15-25(33)31-20-11-7-10-19(14-20)27(34)29-16-24(28)32/h2-14H,15-16H2,1H3,(H2,28,32)(H,29,34)(H,31,33). The number of nitrogens with zero attached hydrogens (tertiary/aromatic N) is 1. The van der Waals surface area contributed by atoms with Gasteiger partial charge in [0, 0.05) is 22.3 Å². The molecular formula is C27H24N4O3. The van der Waals surface area contributed by atoms with Crippen LogP contribution in [0.5, 0.6) is 0 Å². The fourth-order valence-electron chi connectivity index (χ4n) is 3.90. The SMILES string of the molecule is Cc1nc2ccccc2c(-c2ccccc2)c1CC(=O)Nc1cccc(C(=O)NCC(N)=O)c1. The van der Waals surface area contributed by atoms with Crippen LogP contribution in [-0.4, -0.2) is 29.3 Å². The van der Waals surface area contributed by atoms with Crippen molar-refractivity contribution >= 4 is 34.3 Å². The molecule has 4 aromatic rings. The molecule has 0 saturated heterocycles. The lowest BCUT2D eigenvalue weighted by Crippen LogP contribution is -2.33. The van der Waals surface area contributed by atoms with Gasteiger partial charge in [-0.05, 0) is 47.9 Å². The maximum atomic E-state index is 13.0. The summed E-state index contributed by atoms with van der Waals surface area (Å²) in [6, 6.07) is 24.3. The van der Waals surface area contributed by atoms with Gasteiger partial charge in [0.1, 0.15) is 0 Å². The van der Waals surface area contributed by atoms with Crippen LogP contribution < -0.4 is 16.4 Å². The first-order chi connectivity index (χ1) is 16.4. The van der Waals surface area contributed by atoms with Gasteiger partial charge in [0.25, 0.3) is 5.91 Å². The molecular weight excluding hydrogens is 428 g/mol. The number of nitrogens with two attached hydrogens (primary N) is 1. The number of aromatic nitrogens is 1. The summed E-state index contributed by atoms with van der Waals surface area (Å²) in [6.45, 7) is 1.65. The summed E-state index contributed by atoms with van der Waals surface area (Å²) in [5.41, 5.74) is 10.4. The lowest BCUT2D eigenvalue weighted by molar-refractivity contribution is -0.117. The van der Waals surface area contributed by atoms with Crippen LogP contribution in [-0.2, 0) is 16.0 Å². The van der Waals surface area contributed by atoms with Gasteiger partial charge in [0.15, 0.2) is 0 Å². The largest absolute Gasteiger partial charge is 0.368 e. The van der Waals surface area contributed by atoms with Gasteiger partial charge in [-0.2, -0.15) is 0 Å². The van der Waals surface area contributed by atoms with Crippen LogP contribution in [0.1, 0.15) is 21.6 Å². The number of hydrogen-bond donors (Lipinski definition) is 3. The highest BCUT2D eigenvalue weighted by atomic mass is 16.2. The number of anilines is 1. The van der Waals surface area contributed by atoms with Crippen molar-refractivity contribution in [3.05, 3.63) is 95.7 Å². The molecule has 0 saturated carbocycles. The average molecular weight is 453 g/mol. The van der Waals surface area contributed by atoms with Crippen molar-refractivity contribution in [1.29, 1.82) is 0 Å². The molecule has 170 valence electrons. The molecule has 0 aliphatic heterocycles. The van der Waals surface area contributed by atoms with Crippen LogP contribution in [0.3, 0.4) is 0 Å². The Kier molecular flexibility index (Phi) is 6.64. The number of para-hydroxylation sites is 1. The maximum absolute atomic E-state index is 13.0. The number of primary amides is 1. The smallest absolute Gasteiger partial charge is 0.251 e. The molecule has 1 heterocycles. The number of benzene rings is 3. The summed E-state index contributed by atoms with van der Waals surface area (Å²) in [5, 5.41) is 6.28. The molecule has 0 spiro atoms. The Morgan fingerprint density at radius 2 is 1.65 bits per heavy atom. The third-order valence-electron chi connectivity index (χ3n) is 5.43. The van der Waals surface area contributed by atoms with Gasteiger partial charge in [-0.3, -0.25) is 19.4 Å². The molecule has 0 unspecified atom stereocenters. The summed E-state index contributed by atoms with van der Waals surface area (Å²) in [7, 11) is 0. The third-order valence-corrected chi connectivity index (χ3v) is 5.43. The van der Waals surface area contributed by atoms with E-state index in [1.807, 2.05) is 61.5 Å². The highest BCUT2D eigenvalue weighted by molar-refractivity contribution is 6.01. The molecule has 7 heteroatoms.